The number of benzene rings is 2. The smallest absolute Gasteiger partial charge is 0.0514 e. The van der Waals surface area contributed by atoms with Gasteiger partial charge in [-0.05, 0) is 52.4 Å². The summed E-state index contributed by atoms with van der Waals surface area (Å²) < 4.78 is 0. The molecule has 2 aliphatic rings. The molecule has 0 unspecified atom stereocenters. The van der Waals surface area contributed by atoms with Crippen LogP contribution >= 0.6 is 12.6 Å². The van der Waals surface area contributed by atoms with Crippen molar-refractivity contribution in [3.05, 3.63) is 65.4 Å². The van der Waals surface area contributed by atoms with E-state index in [9.17, 15) is 0 Å². The van der Waals surface area contributed by atoms with Crippen LogP contribution in [0.15, 0.2) is 58.6 Å². The van der Waals surface area contributed by atoms with E-state index < -0.39 is 0 Å². The zero-order valence-corrected chi connectivity index (χ0v) is 18.8. The molecule has 0 aromatic heterocycles. The quantitative estimate of drug-likeness (QED) is 0.437. The summed E-state index contributed by atoms with van der Waals surface area (Å²) in [5, 5.41) is 7.00. The van der Waals surface area contributed by atoms with Gasteiger partial charge in [-0.15, -0.1) is 12.6 Å². The number of hydrogen-bond acceptors (Lipinski definition) is 3. The molecule has 2 aromatic rings. The van der Waals surface area contributed by atoms with E-state index in [1.54, 1.807) is 0 Å². The van der Waals surface area contributed by atoms with E-state index in [-0.39, 0.29) is 0 Å². The second kappa shape index (κ2) is 14.2. The highest BCUT2D eigenvalue weighted by atomic mass is 32.1. The Labute approximate surface area is 171 Å². The molecule has 3 heteroatoms. The van der Waals surface area contributed by atoms with Crippen LogP contribution < -0.4 is 0 Å². The van der Waals surface area contributed by atoms with E-state index in [0.29, 0.717) is 0 Å². The van der Waals surface area contributed by atoms with Gasteiger partial charge in [-0.1, -0.05) is 65.8 Å². The Bertz CT molecular complexity index is 748. The zero-order chi connectivity index (χ0) is 20.8. The average Bonchev–Trinajstić information content (AvgIpc) is 3.41. The van der Waals surface area contributed by atoms with Gasteiger partial charge < -0.3 is 5.11 Å². The molecule has 0 amide bonds. The van der Waals surface area contributed by atoms with Gasteiger partial charge >= 0.3 is 0 Å². The number of aliphatic hydroxyl groups excluding tert-OH is 1. The zero-order valence-electron chi connectivity index (χ0n) is 17.9. The summed E-state index contributed by atoms with van der Waals surface area (Å²) in [5.74, 6) is 0. The van der Waals surface area contributed by atoms with Crippen molar-refractivity contribution in [2.75, 3.05) is 7.11 Å². The summed E-state index contributed by atoms with van der Waals surface area (Å²) in [4.78, 5) is 5.46. The molecule has 0 saturated carbocycles. The van der Waals surface area contributed by atoms with E-state index >= 15 is 0 Å². The summed E-state index contributed by atoms with van der Waals surface area (Å²) in [6.45, 7) is 12.0. The van der Waals surface area contributed by atoms with Crippen LogP contribution in [0, 0.1) is 0 Å². The van der Waals surface area contributed by atoms with Crippen LogP contribution in [0.1, 0.15) is 64.7 Å². The van der Waals surface area contributed by atoms with Crippen molar-refractivity contribution >= 4 is 18.3 Å². The van der Waals surface area contributed by atoms with Crippen LogP contribution in [0.2, 0.25) is 0 Å². The van der Waals surface area contributed by atoms with Crippen molar-refractivity contribution < 1.29 is 5.11 Å². The van der Waals surface area contributed by atoms with E-state index in [1.165, 1.54) is 33.5 Å². The van der Waals surface area contributed by atoms with E-state index in [1.807, 2.05) is 47.7 Å². The van der Waals surface area contributed by atoms with Gasteiger partial charge in [0.25, 0.3) is 0 Å². The first kappa shape index (κ1) is 25.2. The van der Waals surface area contributed by atoms with Gasteiger partial charge in [-0.25, -0.2) is 0 Å². The van der Waals surface area contributed by atoms with Crippen LogP contribution in [0.3, 0.4) is 0 Å². The van der Waals surface area contributed by atoms with Crippen LogP contribution in [0.4, 0.5) is 0 Å². The minimum atomic E-state index is 0.946. The SMILES string of the molecule is CC.CC.CC.CO.Sc1ccc2c(c1)Cc1ccc(C3=NC=CC3)cc1-2. The number of fused-ring (bicyclic) bond motifs is 3. The molecule has 0 saturated heterocycles. The van der Waals surface area contributed by atoms with Crippen molar-refractivity contribution in [1.29, 1.82) is 0 Å². The number of rotatable bonds is 1. The largest absolute Gasteiger partial charge is 0.400 e. The number of aliphatic imine (C=N–C) groups is 1. The molecule has 1 N–H and O–H groups in total. The van der Waals surface area contributed by atoms with Gasteiger partial charge in [0.1, 0.15) is 0 Å². The highest BCUT2D eigenvalue weighted by Crippen LogP contribution is 2.38. The third-order valence-corrected chi connectivity index (χ3v) is 4.13. The predicted molar refractivity (Wildman–Crippen MR) is 124 cm³/mol. The first-order chi connectivity index (χ1) is 13.3. The topological polar surface area (TPSA) is 32.6 Å². The molecular weight excluding hydrogens is 350 g/mol. The van der Waals surface area contributed by atoms with Crippen molar-refractivity contribution in [3.63, 3.8) is 0 Å². The van der Waals surface area contributed by atoms with Gasteiger partial charge in [0, 0.05) is 24.6 Å². The molecule has 2 aromatic carbocycles. The highest BCUT2D eigenvalue weighted by molar-refractivity contribution is 7.80. The van der Waals surface area contributed by atoms with E-state index in [0.717, 1.165) is 24.8 Å². The molecule has 2 nitrogen and oxygen atoms in total. The summed E-state index contributed by atoms with van der Waals surface area (Å²) >= 11 is 4.43. The fourth-order valence-electron chi connectivity index (χ4n) is 2.91. The molecule has 1 heterocycles. The first-order valence-electron chi connectivity index (χ1n) is 9.93. The number of hydrogen-bond donors (Lipinski definition) is 2. The van der Waals surface area contributed by atoms with Crippen molar-refractivity contribution in [2.45, 2.75) is 59.3 Å². The second-order valence-corrected chi connectivity index (χ2v) is 5.57. The van der Waals surface area contributed by atoms with E-state index in [2.05, 4.69) is 60.1 Å². The first-order valence-corrected chi connectivity index (χ1v) is 10.4. The maximum absolute atomic E-state index is 7.00. The maximum Gasteiger partial charge on any atom is 0.0514 e. The molecule has 0 fully saturated rings. The molecular formula is C24H35NOS. The van der Waals surface area contributed by atoms with Crippen molar-refractivity contribution in [1.82, 2.24) is 0 Å². The normalized spacial score (nSPS) is 11.7. The van der Waals surface area contributed by atoms with Crippen LogP contribution in [0.5, 0.6) is 0 Å². The number of thiol groups is 1. The highest BCUT2D eigenvalue weighted by Gasteiger charge is 2.19. The average molecular weight is 386 g/mol. The Morgan fingerprint density at radius 3 is 2.07 bits per heavy atom. The molecule has 0 atom stereocenters. The standard InChI is InChI=1S/C17H13NS.3C2H6.CH4O/c19-14-5-6-15-13(9-14)8-11-3-4-12(10-16(11)15)17-2-1-7-18-17;4*1-2/h1,3-7,9-10,19H,2,8H2;3*1-2H3;2H,1H3. The maximum atomic E-state index is 7.00. The molecule has 4 rings (SSSR count). The molecule has 0 radical (unpaired) electrons. The molecule has 0 spiro atoms. The monoisotopic (exact) mass is 385 g/mol. The van der Waals surface area contributed by atoms with E-state index in [4.69, 9.17) is 5.11 Å². The summed E-state index contributed by atoms with van der Waals surface area (Å²) in [7, 11) is 1.00. The Morgan fingerprint density at radius 1 is 0.815 bits per heavy atom. The van der Waals surface area contributed by atoms with Gasteiger partial charge in [-0.2, -0.15) is 0 Å². The predicted octanol–water partition coefficient (Wildman–Crippen LogP) is 6.94. The molecule has 1 aliphatic heterocycles. The van der Waals surface area contributed by atoms with Crippen LogP contribution in [0.25, 0.3) is 11.1 Å². The molecule has 1 aliphatic carbocycles. The van der Waals surface area contributed by atoms with Crippen LogP contribution in [-0.2, 0) is 6.42 Å². The third-order valence-electron chi connectivity index (χ3n) is 3.85. The van der Waals surface area contributed by atoms with Gasteiger partial charge in [-0.3, -0.25) is 4.99 Å². The molecule has 27 heavy (non-hydrogen) atoms. The minimum Gasteiger partial charge on any atom is -0.400 e. The van der Waals surface area contributed by atoms with Gasteiger partial charge in [0.2, 0.25) is 0 Å². The second-order valence-electron chi connectivity index (χ2n) is 5.05. The van der Waals surface area contributed by atoms with Crippen molar-refractivity contribution in [2.24, 2.45) is 4.99 Å². The number of nitrogens with zero attached hydrogens (tertiary/aromatic N) is 1. The van der Waals surface area contributed by atoms with Crippen LogP contribution in [-0.4, -0.2) is 17.9 Å². The lowest BCUT2D eigenvalue weighted by molar-refractivity contribution is 0.399. The van der Waals surface area contributed by atoms with Crippen molar-refractivity contribution in [3.8, 4) is 11.1 Å². The molecule has 148 valence electrons. The lowest BCUT2D eigenvalue weighted by atomic mass is 10.00. The lowest BCUT2D eigenvalue weighted by Gasteiger charge is -2.05. The molecule has 0 bridgehead atoms. The summed E-state index contributed by atoms with van der Waals surface area (Å²) in [5.41, 5.74) is 7.90. The number of aliphatic hydroxyl groups is 1. The fraction of sp³-hybridized carbons (Fsp3) is 0.375. The summed E-state index contributed by atoms with van der Waals surface area (Å²) in [6.07, 6.45) is 5.96. The minimum absolute atomic E-state index is 0.946. The Hall–Kier alpha value is -1.84. The third kappa shape index (κ3) is 6.37. The number of allylic oxidation sites excluding steroid dienone is 1. The fourth-order valence-corrected chi connectivity index (χ4v) is 3.14. The Kier molecular flexibility index (Phi) is 13.3. The lowest BCUT2D eigenvalue weighted by Crippen LogP contribution is -1.96. The Morgan fingerprint density at radius 2 is 1.48 bits per heavy atom. The Balaban J connectivity index is 0.000000757. The summed E-state index contributed by atoms with van der Waals surface area (Å²) in [6, 6.07) is 13.1. The van der Waals surface area contributed by atoms with Gasteiger partial charge in [0.05, 0.1) is 5.71 Å². The van der Waals surface area contributed by atoms with Gasteiger partial charge in [0.15, 0.2) is 0 Å².